The molecule has 1 fully saturated rings. The highest BCUT2D eigenvalue weighted by Gasteiger charge is 2.13. The molecule has 4 N–H and O–H groups in total. The number of H-pyrrole nitrogens is 1. The number of carbonyl (C=O) groups is 3. The van der Waals surface area contributed by atoms with Gasteiger partial charge in [0, 0.05) is 26.1 Å². The van der Waals surface area contributed by atoms with Gasteiger partial charge in [0.15, 0.2) is 0 Å². The Balaban J connectivity index is 0.000000720. The number of aromatic amines is 1. The van der Waals surface area contributed by atoms with E-state index in [1.807, 2.05) is 36.1 Å². The molecular weight excluding hydrogens is 402 g/mol. The lowest BCUT2D eigenvalue weighted by atomic mass is 10.3. The molecule has 3 rings (SSSR count). The highest BCUT2D eigenvalue weighted by atomic mass is 16.3. The number of hydrogen-bond donors (Lipinski definition) is 4. The molecule has 0 spiro atoms. The standard InChI is InChI=1S/C19H29N5O.2CH2O2/c1-2-24(19(25)20-11-7-14-23-12-5-6-13-23)15-10-18-21-16-8-3-4-9-17(16)22-18;2*2-1-3/h3-4,8-9H,2,5-7,10-15H2,1H3,(H,20,25)(H,21,22);2*1H,(H,2,3). The first-order valence-corrected chi connectivity index (χ1v) is 10.4. The maximum absolute atomic E-state index is 12.3. The first-order chi connectivity index (χ1) is 15.1. The van der Waals surface area contributed by atoms with Crippen molar-refractivity contribution in [1.29, 1.82) is 0 Å². The van der Waals surface area contributed by atoms with E-state index in [0.717, 1.165) is 42.8 Å². The Labute approximate surface area is 182 Å². The maximum Gasteiger partial charge on any atom is 0.317 e. The molecule has 10 nitrogen and oxygen atoms in total. The van der Waals surface area contributed by atoms with Crippen LogP contribution < -0.4 is 5.32 Å². The highest BCUT2D eigenvalue weighted by molar-refractivity contribution is 5.75. The summed E-state index contributed by atoms with van der Waals surface area (Å²) >= 11 is 0. The van der Waals surface area contributed by atoms with Gasteiger partial charge in [-0.2, -0.15) is 0 Å². The van der Waals surface area contributed by atoms with Crippen LogP contribution in [0.2, 0.25) is 0 Å². The molecule has 1 aliphatic heterocycles. The van der Waals surface area contributed by atoms with Crippen molar-refractivity contribution in [2.45, 2.75) is 32.6 Å². The Morgan fingerprint density at radius 3 is 2.48 bits per heavy atom. The van der Waals surface area contributed by atoms with Gasteiger partial charge >= 0.3 is 6.03 Å². The van der Waals surface area contributed by atoms with E-state index in [9.17, 15) is 4.79 Å². The van der Waals surface area contributed by atoms with Crippen LogP contribution in [-0.4, -0.2) is 88.2 Å². The summed E-state index contributed by atoms with van der Waals surface area (Å²) in [5.74, 6) is 0.932. The molecule has 10 heteroatoms. The zero-order chi connectivity index (χ0) is 22.9. The van der Waals surface area contributed by atoms with Crippen molar-refractivity contribution >= 4 is 30.0 Å². The minimum Gasteiger partial charge on any atom is -0.483 e. The third-order valence-corrected chi connectivity index (χ3v) is 4.85. The van der Waals surface area contributed by atoms with Crippen molar-refractivity contribution in [1.82, 2.24) is 25.1 Å². The summed E-state index contributed by atoms with van der Waals surface area (Å²) in [6, 6.07) is 8.04. The number of amides is 2. The number of carbonyl (C=O) groups excluding carboxylic acids is 1. The Morgan fingerprint density at radius 1 is 1.23 bits per heavy atom. The normalized spacial score (nSPS) is 12.8. The summed E-state index contributed by atoms with van der Waals surface area (Å²) in [6.07, 6.45) is 4.39. The number of hydrogen-bond acceptors (Lipinski definition) is 5. The average molecular weight is 436 g/mol. The number of para-hydroxylation sites is 2. The van der Waals surface area contributed by atoms with Crippen LogP contribution in [0.25, 0.3) is 11.0 Å². The highest BCUT2D eigenvalue weighted by Crippen LogP contribution is 2.11. The van der Waals surface area contributed by atoms with E-state index in [1.54, 1.807) is 0 Å². The number of nitrogens with one attached hydrogen (secondary N) is 2. The molecule has 1 aromatic carbocycles. The fourth-order valence-corrected chi connectivity index (χ4v) is 3.38. The number of rotatable bonds is 8. The van der Waals surface area contributed by atoms with Gasteiger partial charge in [0.05, 0.1) is 11.0 Å². The number of aromatic nitrogens is 2. The Morgan fingerprint density at radius 2 is 1.87 bits per heavy atom. The summed E-state index contributed by atoms with van der Waals surface area (Å²) in [5, 5.41) is 16.8. The van der Waals surface area contributed by atoms with Crippen LogP contribution in [0.4, 0.5) is 4.79 Å². The minimum absolute atomic E-state index is 0.0278. The number of fused-ring (bicyclic) bond motifs is 1. The topological polar surface area (TPSA) is 139 Å². The first kappa shape index (κ1) is 25.9. The molecule has 31 heavy (non-hydrogen) atoms. The van der Waals surface area contributed by atoms with Gasteiger partial charge < -0.3 is 30.3 Å². The van der Waals surface area contributed by atoms with Gasteiger partial charge in [-0.15, -0.1) is 0 Å². The summed E-state index contributed by atoms with van der Waals surface area (Å²) in [4.78, 5) is 41.3. The molecule has 0 radical (unpaired) electrons. The number of urea groups is 1. The third-order valence-electron chi connectivity index (χ3n) is 4.85. The lowest BCUT2D eigenvalue weighted by Crippen LogP contribution is -2.41. The predicted octanol–water partition coefficient (Wildman–Crippen LogP) is 2.02. The number of nitrogens with zero attached hydrogens (tertiary/aromatic N) is 3. The molecule has 2 aromatic rings. The molecule has 1 saturated heterocycles. The van der Waals surface area contributed by atoms with Gasteiger partial charge in [-0.3, -0.25) is 9.59 Å². The summed E-state index contributed by atoms with van der Waals surface area (Å²) in [7, 11) is 0. The van der Waals surface area contributed by atoms with Crippen LogP contribution in [0.5, 0.6) is 0 Å². The van der Waals surface area contributed by atoms with Crippen molar-refractivity contribution in [2.24, 2.45) is 0 Å². The zero-order valence-electron chi connectivity index (χ0n) is 18.0. The SMILES string of the molecule is CCN(CCc1nc2ccccc2[nH]1)C(=O)NCCCN1CCCC1.O=CO.O=CO. The Hall–Kier alpha value is -3.14. The van der Waals surface area contributed by atoms with Crippen LogP contribution in [0.1, 0.15) is 32.0 Å². The van der Waals surface area contributed by atoms with Crippen molar-refractivity contribution in [2.75, 3.05) is 39.3 Å². The van der Waals surface area contributed by atoms with Crippen molar-refractivity contribution in [3.8, 4) is 0 Å². The van der Waals surface area contributed by atoms with Gasteiger partial charge in [-0.05, 0) is 58.0 Å². The van der Waals surface area contributed by atoms with Crippen LogP contribution >= 0.6 is 0 Å². The molecular formula is C21H33N5O5. The fraction of sp³-hybridized carbons (Fsp3) is 0.524. The number of benzene rings is 1. The van der Waals surface area contributed by atoms with Crippen LogP contribution in [0, 0.1) is 0 Å². The zero-order valence-corrected chi connectivity index (χ0v) is 18.0. The molecule has 0 atom stereocenters. The van der Waals surface area contributed by atoms with E-state index < -0.39 is 0 Å². The molecule has 2 heterocycles. The maximum atomic E-state index is 12.3. The molecule has 1 aromatic heterocycles. The second-order valence-electron chi connectivity index (χ2n) is 6.88. The predicted molar refractivity (Wildman–Crippen MR) is 118 cm³/mol. The summed E-state index contributed by atoms with van der Waals surface area (Å²) in [5.41, 5.74) is 2.03. The van der Waals surface area contributed by atoms with Crippen LogP contribution in [0.3, 0.4) is 0 Å². The molecule has 1 aliphatic rings. The number of likely N-dealkylation sites (N-methyl/N-ethyl adjacent to an activating group) is 1. The quantitative estimate of drug-likeness (QED) is 0.367. The van der Waals surface area contributed by atoms with Gasteiger partial charge in [0.1, 0.15) is 5.82 Å². The van der Waals surface area contributed by atoms with Crippen molar-refractivity contribution in [3.05, 3.63) is 30.1 Å². The lowest BCUT2D eigenvalue weighted by molar-refractivity contribution is -0.123. The van der Waals surface area contributed by atoms with Crippen LogP contribution in [0.15, 0.2) is 24.3 Å². The first-order valence-electron chi connectivity index (χ1n) is 10.4. The molecule has 0 bridgehead atoms. The molecule has 2 amide bonds. The lowest BCUT2D eigenvalue weighted by Gasteiger charge is -2.21. The van der Waals surface area contributed by atoms with Crippen LogP contribution in [-0.2, 0) is 16.0 Å². The summed E-state index contributed by atoms with van der Waals surface area (Å²) < 4.78 is 0. The summed E-state index contributed by atoms with van der Waals surface area (Å²) in [6.45, 7) is 7.16. The monoisotopic (exact) mass is 435 g/mol. The van der Waals surface area contributed by atoms with Crippen molar-refractivity contribution < 1.29 is 24.6 Å². The average Bonchev–Trinajstić information content (AvgIpc) is 3.42. The molecule has 0 unspecified atom stereocenters. The third kappa shape index (κ3) is 9.94. The van der Waals surface area contributed by atoms with E-state index in [0.29, 0.717) is 13.1 Å². The van der Waals surface area contributed by atoms with Crippen molar-refractivity contribution in [3.63, 3.8) is 0 Å². The molecule has 172 valence electrons. The second-order valence-corrected chi connectivity index (χ2v) is 6.88. The van der Waals surface area contributed by atoms with Gasteiger partial charge in [0.25, 0.3) is 12.9 Å². The van der Waals surface area contributed by atoms with Gasteiger partial charge in [-0.1, -0.05) is 12.1 Å². The smallest absolute Gasteiger partial charge is 0.317 e. The minimum atomic E-state index is -0.250. The van der Waals surface area contributed by atoms with E-state index >= 15 is 0 Å². The van der Waals surface area contributed by atoms with Gasteiger partial charge in [-0.25, -0.2) is 9.78 Å². The van der Waals surface area contributed by atoms with E-state index in [-0.39, 0.29) is 19.0 Å². The van der Waals surface area contributed by atoms with Gasteiger partial charge in [0.2, 0.25) is 0 Å². The number of likely N-dealkylation sites (tertiary alicyclic amines) is 1. The largest absolute Gasteiger partial charge is 0.483 e. The van der Waals surface area contributed by atoms with E-state index in [1.165, 1.54) is 25.9 Å². The molecule has 0 aliphatic carbocycles. The molecule has 0 saturated carbocycles. The van der Waals surface area contributed by atoms with E-state index in [4.69, 9.17) is 19.8 Å². The number of carboxylic acid groups (broad SMARTS) is 2. The second kappa shape index (κ2) is 15.7. The number of imidazole rings is 1. The Kier molecular flexibility index (Phi) is 13.1. The Bertz CT molecular complexity index is 737. The fourth-order valence-electron chi connectivity index (χ4n) is 3.38. The van der Waals surface area contributed by atoms with E-state index in [2.05, 4.69) is 20.2 Å².